The minimum absolute atomic E-state index is 0.256. The van der Waals surface area contributed by atoms with Crippen LogP contribution in [0.4, 0.5) is 0 Å². The van der Waals surface area contributed by atoms with E-state index in [9.17, 15) is 5.11 Å². The lowest BCUT2D eigenvalue weighted by Gasteiger charge is -2.57. The van der Waals surface area contributed by atoms with Crippen molar-refractivity contribution in [1.29, 1.82) is 0 Å². The second kappa shape index (κ2) is 7.70. The van der Waals surface area contributed by atoms with E-state index in [-0.39, 0.29) is 6.10 Å². The van der Waals surface area contributed by atoms with Gasteiger partial charge in [-0.25, -0.2) is 0 Å². The van der Waals surface area contributed by atoms with E-state index in [0.29, 0.717) is 16.7 Å². The van der Waals surface area contributed by atoms with Crippen LogP contribution in [0.2, 0.25) is 0 Å². The largest absolute Gasteiger partial charge is 0.389 e. The maximum absolute atomic E-state index is 10.4. The number of fused-ring (bicyclic) bond motifs is 4. The number of hydrogen-bond donors (Lipinski definition) is 1. The molecule has 0 radical (unpaired) electrons. The summed E-state index contributed by atoms with van der Waals surface area (Å²) in [4.78, 5) is 0. The van der Waals surface area contributed by atoms with Gasteiger partial charge in [-0.05, 0) is 118 Å². The predicted molar refractivity (Wildman–Crippen MR) is 124 cm³/mol. The van der Waals surface area contributed by atoms with Crippen LogP contribution in [0.15, 0.2) is 34.9 Å². The number of aliphatic hydroxyl groups is 1. The van der Waals surface area contributed by atoms with Gasteiger partial charge < -0.3 is 5.11 Å². The van der Waals surface area contributed by atoms with E-state index in [1.54, 1.807) is 0 Å². The number of aliphatic hydroxyl groups excluding tert-OH is 1. The highest BCUT2D eigenvalue weighted by atomic mass is 16.3. The quantitative estimate of drug-likeness (QED) is 0.484. The van der Waals surface area contributed by atoms with Crippen LogP contribution in [0.25, 0.3) is 0 Å². The Kier molecular flexibility index (Phi) is 5.69. The first-order valence-corrected chi connectivity index (χ1v) is 12.4. The Bertz CT molecular complexity index is 723. The molecule has 1 N–H and O–H groups in total. The van der Waals surface area contributed by atoms with E-state index >= 15 is 0 Å². The summed E-state index contributed by atoms with van der Waals surface area (Å²) in [5.41, 5.74) is 7.14. The average molecular weight is 397 g/mol. The molecular formula is C28H44O. The van der Waals surface area contributed by atoms with Crippen LogP contribution in [0.1, 0.15) is 98.8 Å². The fourth-order valence-electron chi connectivity index (χ4n) is 8.32. The van der Waals surface area contributed by atoms with Crippen LogP contribution >= 0.6 is 0 Å². The number of rotatable bonds is 4. The summed E-state index contributed by atoms with van der Waals surface area (Å²) in [7, 11) is 0. The summed E-state index contributed by atoms with van der Waals surface area (Å²) in [5.74, 6) is 2.96. The molecule has 0 aliphatic heterocycles. The van der Waals surface area contributed by atoms with E-state index in [1.165, 1.54) is 63.4 Å². The summed E-state index contributed by atoms with van der Waals surface area (Å²) in [6.45, 7) is 16.5. The Balaban J connectivity index is 1.58. The first kappa shape index (κ1) is 21.4. The molecule has 162 valence electrons. The molecule has 4 aliphatic carbocycles. The van der Waals surface area contributed by atoms with Gasteiger partial charge in [-0.1, -0.05) is 50.1 Å². The maximum atomic E-state index is 10.4. The Morgan fingerprint density at radius 3 is 2.59 bits per heavy atom. The molecule has 0 saturated heterocycles. The van der Waals surface area contributed by atoms with Crippen LogP contribution in [0.3, 0.4) is 0 Å². The highest BCUT2D eigenvalue weighted by Gasteiger charge is 2.56. The lowest BCUT2D eigenvalue weighted by molar-refractivity contribution is 0.00297. The van der Waals surface area contributed by atoms with Crippen molar-refractivity contribution < 1.29 is 5.11 Å². The SMILES string of the molecule is C=C1C(O)CCC2(C)C1CCC1=C3CCC(C(C)CCC=C(C)C)C3(C)CCC12. The number of allylic oxidation sites excluding steroid dienone is 4. The van der Waals surface area contributed by atoms with Gasteiger partial charge in [0.25, 0.3) is 0 Å². The molecule has 7 unspecified atom stereocenters. The lowest BCUT2D eigenvalue weighted by Crippen LogP contribution is -2.49. The Labute approximate surface area is 179 Å². The molecule has 3 saturated carbocycles. The van der Waals surface area contributed by atoms with Crippen LogP contribution in [0.5, 0.6) is 0 Å². The van der Waals surface area contributed by atoms with E-state index in [0.717, 1.165) is 29.7 Å². The molecule has 4 aliphatic rings. The second-order valence-electron chi connectivity index (χ2n) is 11.7. The van der Waals surface area contributed by atoms with Crippen LogP contribution in [-0.2, 0) is 0 Å². The molecule has 7 atom stereocenters. The van der Waals surface area contributed by atoms with Crippen molar-refractivity contribution in [2.24, 2.45) is 34.5 Å². The Morgan fingerprint density at radius 1 is 1.10 bits per heavy atom. The molecular weight excluding hydrogens is 352 g/mol. The fraction of sp³-hybridized carbons (Fsp3) is 0.786. The first-order valence-electron chi connectivity index (χ1n) is 12.4. The normalized spacial score (nSPS) is 42.8. The van der Waals surface area contributed by atoms with Crippen LogP contribution < -0.4 is 0 Å². The first-order chi connectivity index (χ1) is 13.7. The number of hydrogen-bond acceptors (Lipinski definition) is 1. The van der Waals surface area contributed by atoms with Crippen LogP contribution in [0, 0.1) is 34.5 Å². The summed E-state index contributed by atoms with van der Waals surface area (Å²) in [6.07, 6.45) is 14.8. The van der Waals surface area contributed by atoms with E-state index in [2.05, 4.69) is 47.3 Å². The maximum Gasteiger partial charge on any atom is 0.0750 e. The van der Waals surface area contributed by atoms with Gasteiger partial charge in [-0.3, -0.25) is 0 Å². The standard InChI is InChI=1S/C28H44O/c1-18(2)8-7-9-19(3)22-12-13-24-21-10-11-23-20(4)26(29)15-17-28(23,6)25(21)14-16-27(22,24)5/h8,19,22-23,25-26,29H,4,7,9-17H2,1-3,5-6H3. The third kappa shape index (κ3) is 3.40. The zero-order valence-corrected chi connectivity index (χ0v) is 19.7. The molecule has 1 nitrogen and oxygen atoms in total. The third-order valence-electron chi connectivity index (χ3n) is 9.96. The minimum Gasteiger partial charge on any atom is -0.389 e. The predicted octanol–water partition coefficient (Wildman–Crippen LogP) is 7.62. The summed E-state index contributed by atoms with van der Waals surface area (Å²) >= 11 is 0. The van der Waals surface area contributed by atoms with Gasteiger partial charge in [0.05, 0.1) is 6.10 Å². The van der Waals surface area contributed by atoms with Gasteiger partial charge in [0.15, 0.2) is 0 Å². The van der Waals surface area contributed by atoms with Crippen molar-refractivity contribution >= 4 is 0 Å². The van der Waals surface area contributed by atoms with Crippen LogP contribution in [-0.4, -0.2) is 11.2 Å². The molecule has 29 heavy (non-hydrogen) atoms. The summed E-state index contributed by atoms with van der Waals surface area (Å²) in [6, 6.07) is 0. The average Bonchev–Trinajstić information content (AvgIpc) is 3.02. The molecule has 0 spiro atoms. The smallest absolute Gasteiger partial charge is 0.0750 e. The van der Waals surface area contributed by atoms with Crippen molar-refractivity contribution in [2.45, 2.75) is 105 Å². The van der Waals surface area contributed by atoms with Crippen molar-refractivity contribution in [3.8, 4) is 0 Å². The molecule has 1 heteroatoms. The van der Waals surface area contributed by atoms with E-state index in [4.69, 9.17) is 0 Å². The molecule has 3 fully saturated rings. The van der Waals surface area contributed by atoms with Crippen molar-refractivity contribution in [3.05, 3.63) is 34.9 Å². The monoisotopic (exact) mass is 396 g/mol. The van der Waals surface area contributed by atoms with Gasteiger partial charge in [-0.15, -0.1) is 0 Å². The summed E-state index contributed by atoms with van der Waals surface area (Å²) < 4.78 is 0. The molecule has 4 rings (SSSR count). The zero-order chi connectivity index (χ0) is 21.0. The highest BCUT2D eigenvalue weighted by Crippen LogP contribution is 2.66. The van der Waals surface area contributed by atoms with Crippen molar-refractivity contribution in [2.75, 3.05) is 0 Å². The third-order valence-corrected chi connectivity index (χ3v) is 9.96. The molecule has 0 amide bonds. The Morgan fingerprint density at radius 2 is 1.86 bits per heavy atom. The van der Waals surface area contributed by atoms with Gasteiger partial charge in [-0.2, -0.15) is 0 Å². The lowest BCUT2D eigenvalue weighted by atomic mass is 9.48. The highest BCUT2D eigenvalue weighted by molar-refractivity contribution is 5.36. The second-order valence-corrected chi connectivity index (χ2v) is 11.7. The topological polar surface area (TPSA) is 20.2 Å². The van der Waals surface area contributed by atoms with Crippen molar-refractivity contribution in [3.63, 3.8) is 0 Å². The van der Waals surface area contributed by atoms with E-state index < -0.39 is 0 Å². The van der Waals surface area contributed by atoms with Crippen molar-refractivity contribution in [1.82, 2.24) is 0 Å². The molecule has 0 aromatic carbocycles. The molecule has 0 heterocycles. The van der Waals surface area contributed by atoms with Gasteiger partial charge in [0.2, 0.25) is 0 Å². The minimum atomic E-state index is -0.256. The fourth-order valence-corrected chi connectivity index (χ4v) is 8.32. The van der Waals surface area contributed by atoms with Gasteiger partial charge in [0.1, 0.15) is 0 Å². The van der Waals surface area contributed by atoms with Gasteiger partial charge in [0, 0.05) is 0 Å². The molecule has 0 aromatic heterocycles. The van der Waals surface area contributed by atoms with E-state index in [1.807, 2.05) is 11.1 Å². The zero-order valence-electron chi connectivity index (χ0n) is 19.7. The van der Waals surface area contributed by atoms with Gasteiger partial charge >= 0.3 is 0 Å². The molecule has 0 bridgehead atoms. The Hall–Kier alpha value is -0.820. The summed E-state index contributed by atoms with van der Waals surface area (Å²) in [5, 5.41) is 10.4. The molecule has 0 aromatic rings.